The second-order valence-corrected chi connectivity index (χ2v) is 5.60. The Morgan fingerprint density at radius 3 is 2.52 bits per heavy atom. The van der Waals surface area contributed by atoms with Crippen LogP contribution in [0.5, 0.6) is 0 Å². The highest BCUT2D eigenvalue weighted by molar-refractivity contribution is 5.91. The smallest absolute Gasteiger partial charge is 0.336 e. The van der Waals surface area contributed by atoms with E-state index in [1.807, 2.05) is 6.92 Å². The third-order valence-electron chi connectivity index (χ3n) is 3.60. The normalized spacial score (nSPS) is 11.4. The van der Waals surface area contributed by atoms with Gasteiger partial charge in [0.1, 0.15) is 5.69 Å². The van der Waals surface area contributed by atoms with Crippen molar-refractivity contribution < 1.29 is 18.0 Å². The van der Waals surface area contributed by atoms with E-state index < -0.39 is 17.6 Å². The number of rotatable bonds is 5. The SMILES string of the molecule is CCCn1nc(C(=O)N(C)Cc2ccccc2C(F)(F)F)ccc1=O. The van der Waals surface area contributed by atoms with Gasteiger partial charge >= 0.3 is 6.18 Å². The first kappa shape index (κ1) is 18.7. The number of carbonyl (C=O) groups is 1. The van der Waals surface area contributed by atoms with E-state index in [1.165, 1.54) is 42.1 Å². The minimum Gasteiger partial charge on any atom is -0.336 e. The van der Waals surface area contributed by atoms with Gasteiger partial charge in [0.2, 0.25) is 0 Å². The number of aryl methyl sites for hydroxylation is 1. The summed E-state index contributed by atoms with van der Waals surface area (Å²) < 4.78 is 40.3. The molecule has 0 saturated carbocycles. The van der Waals surface area contributed by atoms with Crippen LogP contribution in [0.25, 0.3) is 0 Å². The summed E-state index contributed by atoms with van der Waals surface area (Å²) in [7, 11) is 1.40. The lowest BCUT2D eigenvalue weighted by Gasteiger charge is -2.20. The van der Waals surface area contributed by atoms with Gasteiger partial charge in [-0.3, -0.25) is 9.59 Å². The van der Waals surface area contributed by atoms with E-state index in [0.29, 0.717) is 13.0 Å². The molecular weight excluding hydrogens is 335 g/mol. The predicted octanol–water partition coefficient (Wildman–Crippen LogP) is 2.94. The van der Waals surface area contributed by atoms with Gasteiger partial charge < -0.3 is 4.90 Å². The second kappa shape index (κ2) is 7.50. The Balaban J connectivity index is 2.25. The van der Waals surface area contributed by atoms with Crippen LogP contribution in [-0.2, 0) is 19.3 Å². The summed E-state index contributed by atoms with van der Waals surface area (Å²) in [4.78, 5) is 25.2. The first-order chi connectivity index (χ1) is 11.7. The fraction of sp³-hybridized carbons (Fsp3) is 0.353. The number of halogens is 3. The largest absolute Gasteiger partial charge is 0.416 e. The van der Waals surface area contributed by atoms with Crippen molar-refractivity contribution in [3.8, 4) is 0 Å². The topological polar surface area (TPSA) is 55.2 Å². The van der Waals surface area contributed by atoms with E-state index in [-0.39, 0.29) is 23.4 Å². The molecule has 0 atom stereocenters. The molecule has 1 heterocycles. The zero-order valence-corrected chi connectivity index (χ0v) is 13.9. The van der Waals surface area contributed by atoms with Gasteiger partial charge in [-0.15, -0.1) is 0 Å². The van der Waals surface area contributed by atoms with E-state index in [2.05, 4.69) is 5.10 Å². The summed E-state index contributed by atoms with van der Waals surface area (Å²) in [6.07, 6.45) is -3.83. The zero-order chi connectivity index (χ0) is 18.6. The van der Waals surface area contributed by atoms with Gasteiger partial charge in [0.15, 0.2) is 0 Å². The Morgan fingerprint density at radius 2 is 1.88 bits per heavy atom. The number of amides is 1. The molecule has 0 unspecified atom stereocenters. The van der Waals surface area contributed by atoms with Crippen molar-refractivity contribution in [3.63, 3.8) is 0 Å². The molecule has 1 aromatic carbocycles. The molecule has 5 nitrogen and oxygen atoms in total. The molecule has 0 aliphatic rings. The number of carbonyl (C=O) groups excluding carboxylic acids is 1. The lowest BCUT2D eigenvalue weighted by atomic mass is 10.1. The molecule has 0 N–H and O–H groups in total. The third kappa shape index (κ3) is 4.46. The number of hydrogen-bond acceptors (Lipinski definition) is 3. The number of aromatic nitrogens is 2. The summed E-state index contributed by atoms with van der Waals surface area (Å²) in [6.45, 7) is 2.01. The molecule has 0 spiro atoms. The van der Waals surface area contributed by atoms with Crippen molar-refractivity contribution in [1.82, 2.24) is 14.7 Å². The van der Waals surface area contributed by atoms with E-state index in [9.17, 15) is 22.8 Å². The molecule has 1 aromatic heterocycles. The first-order valence-electron chi connectivity index (χ1n) is 7.72. The molecule has 0 radical (unpaired) electrons. The van der Waals surface area contributed by atoms with Crippen LogP contribution < -0.4 is 5.56 Å². The van der Waals surface area contributed by atoms with Crippen LogP contribution in [0.2, 0.25) is 0 Å². The van der Waals surface area contributed by atoms with Gasteiger partial charge in [0, 0.05) is 26.2 Å². The molecule has 0 fully saturated rings. The summed E-state index contributed by atoms with van der Waals surface area (Å²) in [5.74, 6) is -0.554. The molecule has 1 amide bonds. The maximum atomic E-state index is 13.1. The van der Waals surface area contributed by atoms with Gasteiger partial charge in [-0.1, -0.05) is 25.1 Å². The number of alkyl halides is 3. The molecule has 0 bridgehead atoms. The fourth-order valence-electron chi connectivity index (χ4n) is 2.39. The molecule has 134 valence electrons. The molecule has 0 aliphatic heterocycles. The van der Waals surface area contributed by atoms with Crippen LogP contribution in [0, 0.1) is 0 Å². The van der Waals surface area contributed by atoms with Gasteiger partial charge in [-0.2, -0.15) is 18.3 Å². The van der Waals surface area contributed by atoms with Crippen LogP contribution in [0.4, 0.5) is 13.2 Å². The van der Waals surface area contributed by atoms with Crippen molar-refractivity contribution >= 4 is 5.91 Å². The highest BCUT2D eigenvalue weighted by Crippen LogP contribution is 2.32. The maximum Gasteiger partial charge on any atom is 0.416 e. The van der Waals surface area contributed by atoms with Crippen LogP contribution in [-0.4, -0.2) is 27.6 Å². The van der Waals surface area contributed by atoms with Crippen molar-refractivity contribution in [2.75, 3.05) is 7.05 Å². The predicted molar refractivity (Wildman–Crippen MR) is 86.0 cm³/mol. The lowest BCUT2D eigenvalue weighted by Crippen LogP contribution is -2.31. The van der Waals surface area contributed by atoms with Gasteiger partial charge in [0.05, 0.1) is 5.56 Å². The molecule has 8 heteroatoms. The van der Waals surface area contributed by atoms with E-state index in [4.69, 9.17) is 0 Å². The van der Waals surface area contributed by atoms with Crippen LogP contribution in [0.3, 0.4) is 0 Å². The second-order valence-electron chi connectivity index (χ2n) is 5.60. The quantitative estimate of drug-likeness (QED) is 0.830. The maximum absolute atomic E-state index is 13.1. The Bertz CT molecular complexity index is 815. The molecule has 25 heavy (non-hydrogen) atoms. The Hall–Kier alpha value is -2.64. The number of hydrogen-bond donors (Lipinski definition) is 0. The number of nitrogens with zero attached hydrogens (tertiary/aromatic N) is 3. The average molecular weight is 353 g/mol. The molecule has 2 rings (SSSR count). The van der Waals surface area contributed by atoms with E-state index in [0.717, 1.165) is 11.0 Å². The molecule has 0 saturated heterocycles. The summed E-state index contributed by atoms with van der Waals surface area (Å²) >= 11 is 0. The Morgan fingerprint density at radius 1 is 1.20 bits per heavy atom. The molecule has 2 aromatic rings. The minimum absolute atomic E-state index is 0.00673. The standard InChI is InChI=1S/C17H18F3N3O2/c1-3-10-23-15(24)9-8-14(21-23)16(25)22(2)11-12-6-4-5-7-13(12)17(18,19)20/h4-9H,3,10-11H2,1-2H3. The van der Waals surface area contributed by atoms with Gasteiger partial charge in [0.25, 0.3) is 11.5 Å². The highest BCUT2D eigenvalue weighted by atomic mass is 19.4. The van der Waals surface area contributed by atoms with Crippen LogP contribution in [0.15, 0.2) is 41.2 Å². The molecular formula is C17H18F3N3O2. The van der Waals surface area contributed by atoms with E-state index >= 15 is 0 Å². The Labute approximate surface area is 142 Å². The summed E-state index contributed by atoms with van der Waals surface area (Å²) in [6, 6.07) is 7.61. The first-order valence-corrected chi connectivity index (χ1v) is 7.72. The third-order valence-corrected chi connectivity index (χ3v) is 3.60. The van der Waals surface area contributed by atoms with E-state index in [1.54, 1.807) is 0 Å². The lowest BCUT2D eigenvalue weighted by molar-refractivity contribution is -0.138. The monoisotopic (exact) mass is 353 g/mol. The van der Waals surface area contributed by atoms with Crippen molar-refractivity contribution in [2.24, 2.45) is 0 Å². The fourth-order valence-corrected chi connectivity index (χ4v) is 2.39. The van der Waals surface area contributed by atoms with Gasteiger partial charge in [-0.05, 0) is 24.1 Å². The summed E-state index contributed by atoms with van der Waals surface area (Å²) in [5.41, 5.74) is -1.10. The van der Waals surface area contributed by atoms with Crippen molar-refractivity contribution in [1.29, 1.82) is 0 Å². The highest BCUT2D eigenvalue weighted by Gasteiger charge is 2.33. The summed E-state index contributed by atoms with van der Waals surface area (Å²) in [5, 5.41) is 3.99. The molecule has 0 aliphatic carbocycles. The Kier molecular flexibility index (Phi) is 5.61. The van der Waals surface area contributed by atoms with Crippen molar-refractivity contribution in [3.05, 3.63) is 63.6 Å². The number of benzene rings is 1. The van der Waals surface area contributed by atoms with Crippen molar-refractivity contribution in [2.45, 2.75) is 32.6 Å². The van der Waals surface area contributed by atoms with Gasteiger partial charge in [-0.25, -0.2) is 4.68 Å². The zero-order valence-electron chi connectivity index (χ0n) is 13.9. The average Bonchev–Trinajstić information content (AvgIpc) is 2.56. The van der Waals surface area contributed by atoms with Crippen LogP contribution in [0.1, 0.15) is 35.0 Å². The van der Waals surface area contributed by atoms with Crippen LogP contribution >= 0.6 is 0 Å². The minimum atomic E-state index is -4.49.